The number of amides is 4. The second-order valence-corrected chi connectivity index (χ2v) is 7.61. The second kappa shape index (κ2) is 8.71. The first-order valence-electron chi connectivity index (χ1n) is 10.1. The fourth-order valence-corrected chi connectivity index (χ4v) is 3.90. The molecule has 162 valence electrons. The molecule has 9 heteroatoms. The van der Waals surface area contributed by atoms with Crippen molar-refractivity contribution in [3.63, 3.8) is 0 Å². The smallest absolute Gasteiger partial charge is 0.321 e. The van der Waals surface area contributed by atoms with Crippen molar-refractivity contribution >= 4 is 29.2 Å². The lowest BCUT2D eigenvalue weighted by Gasteiger charge is -2.35. The van der Waals surface area contributed by atoms with Crippen LogP contribution in [0.15, 0.2) is 48.5 Å². The zero-order chi connectivity index (χ0) is 22.0. The van der Waals surface area contributed by atoms with Gasteiger partial charge in [0.2, 0.25) is 11.8 Å². The Morgan fingerprint density at radius 3 is 2.23 bits per heavy atom. The summed E-state index contributed by atoms with van der Waals surface area (Å²) in [6, 6.07) is 11.2. The molecule has 1 N–H and O–H groups in total. The highest BCUT2D eigenvalue weighted by Gasteiger charge is 2.39. The summed E-state index contributed by atoms with van der Waals surface area (Å²) < 4.78 is 27.0. The lowest BCUT2D eigenvalue weighted by Crippen LogP contribution is -2.53. The number of nitrogens with one attached hydrogen (secondary N) is 1. The van der Waals surface area contributed by atoms with Crippen molar-refractivity contribution in [2.75, 3.05) is 42.9 Å². The van der Waals surface area contributed by atoms with Gasteiger partial charge in [-0.1, -0.05) is 12.1 Å². The molecule has 4 amide bonds. The molecule has 0 radical (unpaired) electrons. The first-order valence-corrected chi connectivity index (χ1v) is 10.1. The van der Waals surface area contributed by atoms with E-state index < -0.39 is 11.7 Å². The molecule has 0 bridgehead atoms. The third-order valence-corrected chi connectivity index (χ3v) is 5.59. The van der Waals surface area contributed by atoms with E-state index in [4.69, 9.17) is 0 Å². The molecule has 31 heavy (non-hydrogen) atoms. The largest absolute Gasteiger partial charge is 0.339 e. The predicted molar refractivity (Wildman–Crippen MR) is 110 cm³/mol. The van der Waals surface area contributed by atoms with Crippen molar-refractivity contribution in [3.8, 4) is 0 Å². The molecule has 2 saturated heterocycles. The molecular formula is C22H22F2N4O3. The average Bonchev–Trinajstić information content (AvgIpc) is 3.16. The standard InChI is InChI=1S/C22H22F2N4O3/c23-16-5-7-17(8-6-16)25-22(31)27-11-9-26(10-12-27)21(30)15-13-20(29)28(14-15)19-4-2-1-3-18(19)24/h1-8,15H,9-14H2,(H,25,31)/t15-/m0/s1. The molecular weight excluding hydrogens is 406 g/mol. The highest BCUT2D eigenvalue weighted by Crippen LogP contribution is 2.28. The van der Waals surface area contributed by atoms with Crippen molar-refractivity contribution in [1.82, 2.24) is 9.80 Å². The number of halogens is 2. The van der Waals surface area contributed by atoms with Crippen LogP contribution in [0.3, 0.4) is 0 Å². The van der Waals surface area contributed by atoms with E-state index in [-0.39, 0.29) is 42.3 Å². The van der Waals surface area contributed by atoms with Crippen molar-refractivity contribution in [2.45, 2.75) is 6.42 Å². The minimum atomic E-state index is -0.535. The van der Waals surface area contributed by atoms with Crippen LogP contribution in [0.25, 0.3) is 0 Å². The maximum Gasteiger partial charge on any atom is 0.321 e. The number of para-hydroxylation sites is 1. The minimum absolute atomic E-state index is 0.0401. The molecule has 2 aliphatic heterocycles. The number of rotatable bonds is 3. The lowest BCUT2D eigenvalue weighted by atomic mass is 10.1. The Morgan fingerprint density at radius 2 is 1.55 bits per heavy atom. The van der Waals surface area contributed by atoms with E-state index in [1.807, 2.05) is 0 Å². The first kappa shape index (κ1) is 20.8. The number of carbonyl (C=O) groups excluding carboxylic acids is 3. The number of anilines is 2. The van der Waals surface area contributed by atoms with Crippen molar-refractivity contribution in [1.29, 1.82) is 0 Å². The van der Waals surface area contributed by atoms with Gasteiger partial charge in [0, 0.05) is 44.8 Å². The summed E-state index contributed by atoms with van der Waals surface area (Å²) in [5.74, 6) is -1.85. The maximum absolute atomic E-state index is 14.0. The van der Waals surface area contributed by atoms with Gasteiger partial charge in [-0.05, 0) is 36.4 Å². The summed E-state index contributed by atoms with van der Waals surface area (Å²) in [6.07, 6.45) is 0.0401. The number of piperazine rings is 1. The molecule has 0 spiro atoms. The zero-order valence-corrected chi connectivity index (χ0v) is 16.8. The van der Waals surface area contributed by atoms with Gasteiger partial charge >= 0.3 is 6.03 Å². The SMILES string of the molecule is O=C(Nc1ccc(F)cc1)N1CCN(C(=O)[C@H]2CC(=O)N(c3ccccc3F)C2)CC1. The van der Waals surface area contributed by atoms with E-state index >= 15 is 0 Å². The number of urea groups is 1. The predicted octanol–water partition coefficient (Wildman–Crippen LogP) is 2.69. The summed E-state index contributed by atoms with van der Waals surface area (Å²) in [5.41, 5.74) is 0.674. The van der Waals surface area contributed by atoms with Gasteiger partial charge in [0.15, 0.2) is 0 Å². The molecule has 2 aromatic carbocycles. The Bertz CT molecular complexity index is 991. The molecule has 0 saturated carbocycles. The van der Waals surface area contributed by atoms with Crippen LogP contribution in [0.1, 0.15) is 6.42 Å². The van der Waals surface area contributed by atoms with Gasteiger partial charge < -0.3 is 20.0 Å². The molecule has 2 heterocycles. The maximum atomic E-state index is 14.0. The van der Waals surface area contributed by atoms with E-state index in [1.165, 1.54) is 41.3 Å². The molecule has 2 aliphatic rings. The molecule has 7 nitrogen and oxygen atoms in total. The monoisotopic (exact) mass is 428 g/mol. The van der Waals surface area contributed by atoms with Gasteiger partial charge in [0.1, 0.15) is 11.6 Å². The van der Waals surface area contributed by atoms with Crippen LogP contribution in [-0.4, -0.2) is 60.4 Å². The summed E-state index contributed by atoms with van der Waals surface area (Å²) in [6.45, 7) is 1.52. The Balaban J connectivity index is 1.31. The second-order valence-electron chi connectivity index (χ2n) is 7.61. The van der Waals surface area contributed by atoms with Gasteiger partial charge in [-0.15, -0.1) is 0 Å². The average molecular weight is 428 g/mol. The van der Waals surface area contributed by atoms with Crippen LogP contribution in [0.4, 0.5) is 25.0 Å². The van der Waals surface area contributed by atoms with Crippen molar-refractivity contribution in [3.05, 3.63) is 60.2 Å². The number of hydrogen-bond donors (Lipinski definition) is 1. The molecule has 0 unspecified atom stereocenters. The van der Waals surface area contributed by atoms with Crippen LogP contribution < -0.4 is 10.2 Å². The Labute approximate surface area is 178 Å². The zero-order valence-electron chi connectivity index (χ0n) is 16.8. The summed E-state index contributed by atoms with van der Waals surface area (Å²) >= 11 is 0. The minimum Gasteiger partial charge on any atom is -0.339 e. The van der Waals surface area contributed by atoms with Crippen molar-refractivity contribution < 1.29 is 23.2 Å². The number of carbonyl (C=O) groups is 3. The molecule has 2 fully saturated rings. The highest BCUT2D eigenvalue weighted by molar-refractivity contribution is 6.00. The van der Waals surface area contributed by atoms with Crippen LogP contribution in [0.2, 0.25) is 0 Å². The normalized spacial score (nSPS) is 19.0. The fourth-order valence-electron chi connectivity index (χ4n) is 3.90. The van der Waals surface area contributed by atoms with E-state index in [1.54, 1.807) is 21.9 Å². The van der Waals surface area contributed by atoms with Crippen LogP contribution in [-0.2, 0) is 9.59 Å². The van der Waals surface area contributed by atoms with Gasteiger partial charge in [0.25, 0.3) is 0 Å². The van der Waals surface area contributed by atoms with Crippen LogP contribution in [0, 0.1) is 17.6 Å². The van der Waals surface area contributed by atoms with Crippen molar-refractivity contribution in [2.24, 2.45) is 5.92 Å². The van der Waals surface area contributed by atoms with Gasteiger partial charge in [-0.3, -0.25) is 9.59 Å². The van der Waals surface area contributed by atoms with Crippen LogP contribution >= 0.6 is 0 Å². The number of benzene rings is 2. The molecule has 0 aromatic heterocycles. The number of nitrogens with zero attached hydrogens (tertiary/aromatic N) is 3. The quantitative estimate of drug-likeness (QED) is 0.817. The third-order valence-electron chi connectivity index (χ3n) is 5.59. The molecule has 0 aliphatic carbocycles. The van der Waals surface area contributed by atoms with Gasteiger partial charge in [-0.2, -0.15) is 0 Å². The van der Waals surface area contributed by atoms with E-state index in [0.717, 1.165) is 0 Å². The summed E-state index contributed by atoms with van der Waals surface area (Å²) in [4.78, 5) is 42.2. The van der Waals surface area contributed by atoms with Gasteiger partial charge in [0.05, 0.1) is 11.6 Å². The Kier molecular flexibility index (Phi) is 5.83. The molecule has 4 rings (SSSR count). The Hall–Kier alpha value is -3.49. The fraction of sp³-hybridized carbons (Fsp3) is 0.318. The molecule has 1 atom stereocenters. The summed E-state index contributed by atoms with van der Waals surface area (Å²) in [5, 5.41) is 2.70. The Morgan fingerprint density at radius 1 is 0.903 bits per heavy atom. The highest BCUT2D eigenvalue weighted by atomic mass is 19.1. The number of hydrogen-bond acceptors (Lipinski definition) is 3. The van der Waals surface area contributed by atoms with E-state index in [0.29, 0.717) is 31.9 Å². The lowest BCUT2D eigenvalue weighted by molar-refractivity contribution is -0.137. The third kappa shape index (κ3) is 4.50. The first-order chi connectivity index (χ1) is 14.9. The van der Waals surface area contributed by atoms with Gasteiger partial charge in [-0.25, -0.2) is 13.6 Å². The van der Waals surface area contributed by atoms with E-state index in [9.17, 15) is 23.2 Å². The summed E-state index contributed by atoms with van der Waals surface area (Å²) in [7, 11) is 0. The van der Waals surface area contributed by atoms with E-state index in [2.05, 4.69) is 5.32 Å². The molecule has 2 aromatic rings. The van der Waals surface area contributed by atoms with Crippen LogP contribution in [0.5, 0.6) is 0 Å². The topological polar surface area (TPSA) is 73.0 Å².